The molecular formula is C23H27NO4. The Bertz CT molecular complexity index is 912. The minimum Gasteiger partial charge on any atom is -0.497 e. The minimum absolute atomic E-state index is 0.239. The van der Waals surface area contributed by atoms with Gasteiger partial charge in [0.15, 0.2) is 0 Å². The predicted molar refractivity (Wildman–Crippen MR) is 111 cm³/mol. The first-order chi connectivity index (χ1) is 13.6. The van der Waals surface area contributed by atoms with Crippen LogP contribution in [0.1, 0.15) is 5.56 Å². The molecule has 148 valence electrons. The second-order valence-electron chi connectivity index (χ2n) is 6.85. The number of aliphatic hydroxyl groups is 1. The Kier molecular flexibility index (Phi) is 6.74. The Morgan fingerprint density at radius 2 is 1.64 bits per heavy atom. The van der Waals surface area contributed by atoms with Crippen molar-refractivity contribution < 1.29 is 19.3 Å². The molecule has 1 atom stereocenters. The number of hydrogen-bond donors (Lipinski definition) is 1. The van der Waals surface area contributed by atoms with Crippen LogP contribution in [0.5, 0.6) is 17.2 Å². The van der Waals surface area contributed by atoms with Crippen LogP contribution in [0, 0.1) is 0 Å². The molecule has 0 aliphatic carbocycles. The van der Waals surface area contributed by atoms with Gasteiger partial charge in [-0.2, -0.15) is 0 Å². The Morgan fingerprint density at radius 1 is 0.893 bits per heavy atom. The number of fused-ring (bicyclic) bond motifs is 1. The number of aliphatic hydroxyl groups excluding tert-OH is 1. The van der Waals surface area contributed by atoms with Crippen molar-refractivity contribution in [3.63, 3.8) is 0 Å². The normalized spacial score (nSPS) is 12.2. The molecule has 0 aromatic heterocycles. The lowest BCUT2D eigenvalue weighted by atomic mass is 10.1. The van der Waals surface area contributed by atoms with Gasteiger partial charge >= 0.3 is 0 Å². The first-order valence-electron chi connectivity index (χ1n) is 9.28. The van der Waals surface area contributed by atoms with E-state index >= 15 is 0 Å². The zero-order valence-corrected chi connectivity index (χ0v) is 16.6. The van der Waals surface area contributed by atoms with Gasteiger partial charge in [-0.3, -0.25) is 4.90 Å². The van der Waals surface area contributed by atoms with Crippen LogP contribution in [-0.2, 0) is 6.54 Å². The predicted octanol–water partition coefficient (Wildman–Crippen LogP) is 3.73. The molecule has 0 bridgehead atoms. The van der Waals surface area contributed by atoms with Gasteiger partial charge in [0.25, 0.3) is 0 Å². The van der Waals surface area contributed by atoms with Crippen molar-refractivity contribution in [2.24, 2.45) is 0 Å². The summed E-state index contributed by atoms with van der Waals surface area (Å²) in [6.45, 7) is 1.38. The number of nitrogens with zero attached hydrogens (tertiary/aromatic N) is 1. The van der Waals surface area contributed by atoms with Crippen molar-refractivity contribution in [1.82, 2.24) is 4.90 Å². The van der Waals surface area contributed by atoms with Crippen LogP contribution in [0.2, 0.25) is 0 Å². The molecule has 0 spiro atoms. The zero-order chi connectivity index (χ0) is 19.9. The zero-order valence-electron chi connectivity index (χ0n) is 16.6. The summed E-state index contributed by atoms with van der Waals surface area (Å²) in [7, 11) is 5.24. The van der Waals surface area contributed by atoms with E-state index in [4.69, 9.17) is 14.2 Å². The lowest BCUT2D eigenvalue weighted by Gasteiger charge is -2.22. The topological polar surface area (TPSA) is 51.2 Å². The number of ether oxygens (including phenoxy) is 3. The standard InChI is InChI=1S/C23H27NO4/c1-24(14-19-9-10-21(26-2)13-23(19)27-3)15-20(25)16-28-22-11-8-17-6-4-5-7-18(17)12-22/h4-13,20,25H,14-16H2,1-3H3. The van der Waals surface area contributed by atoms with Crippen LogP contribution < -0.4 is 14.2 Å². The van der Waals surface area contributed by atoms with Gasteiger partial charge in [-0.25, -0.2) is 0 Å². The highest BCUT2D eigenvalue weighted by atomic mass is 16.5. The van der Waals surface area contributed by atoms with Crippen molar-refractivity contribution in [3.05, 3.63) is 66.2 Å². The lowest BCUT2D eigenvalue weighted by Crippen LogP contribution is -2.32. The molecule has 5 heteroatoms. The van der Waals surface area contributed by atoms with Gasteiger partial charge in [0, 0.05) is 24.7 Å². The van der Waals surface area contributed by atoms with E-state index in [2.05, 4.69) is 12.1 Å². The number of likely N-dealkylation sites (N-methyl/N-ethyl adjacent to an activating group) is 1. The molecule has 3 aromatic carbocycles. The number of benzene rings is 3. The molecule has 0 radical (unpaired) electrons. The van der Waals surface area contributed by atoms with Crippen LogP contribution in [0.25, 0.3) is 10.8 Å². The van der Waals surface area contributed by atoms with Gasteiger partial charge in [-0.15, -0.1) is 0 Å². The molecule has 3 rings (SSSR count). The van der Waals surface area contributed by atoms with Gasteiger partial charge in [-0.1, -0.05) is 36.4 Å². The van der Waals surface area contributed by atoms with E-state index < -0.39 is 6.10 Å². The molecule has 0 amide bonds. The van der Waals surface area contributed by atoms with Gasteiger partial charge in [0.1, 0.15) is 30.0 Å². The fourth-order valence-electron chi connectivity index (χ4n) is 3.20. The summed E-state index contributed by atoms with van der Waals surface area (Å²) in [5.41, 5.74) is 1.04. The first-order valence-corrected chi connectivity index (χ1v) is 9.28. The molecule has 28 heavy (non-hydrogen) atoms. The van der Waals surface area contributed by atoms with E-state index in [-0.39, 0.29) is 6.61 Å². The maximum absolute atomic E-state index is 10.4. The Morgan fingerprint density at radius 3 is 2.39 bits per heavy atom. The Balaban J connectivity index is 1.53. The van der Waals surface area contributed by atoms with E-state index in [9.17, 15) is 5.11 Å². The second kappa shape index (κ2) is 9.44. The lowest BCUT2D eigenvalue weighted by molar-refractivity contribution is 0.0742. The molecule has 0 saturated heterocycles. The van der Waals surface area contributed by atoms with E-state index in [0.29, 0.717) is 13.1 Å². The molecular weight excluding hydrogens is 354 g/mol. The Labute approximate surface area is 166 Å². The van der Waals surface area contributed by atoms with Crippen molar-refractivity contribution in [1.29, 1.82) is 0 Å². The highest BCUT2D eigenvalue weighted by Gasteiger charge is 2.13. The minimum atomic E-state index is -0.597. The molecule has 5 nitrogen and oxygen atoms in total. The third-order valence-corrected chi connectivity index (χ3v) is 4.62. The second-order valence-corrected chi connectivity index (χ2v) is 6.85. The molecule has 3 aromatic rings. The van der Waals surface area contributed by atoms with Gasteiger partial charge in [0.2, 0.25) is 0 Å². The van der Waals surface area contributed by atoms with Crippen LogP contribution in [0.4, 0.5) is 0 Å². The summed E-state index contributed by atoms with van der Waals surface area (Å²) < 4.78 is 16.5. The maximum atomic E-state index is 10.4. The monoisotopic (exact) mass is 381 g/mol. The average Bonchev–Trinajstić information content (AvgIpc) is 2.72. The number of hydrogen-bond acceptors (Lipinski definition) is 5. The third-order valence-electron chi connectivity index (χ3n) is 4.62. The smallest absolute Gasteiger partial charge is 0.127 e. The maximum Gasteiger partial charge on any atom is 0.127 e. The number of rotatable bonds is 9. The summed E-state index contributed by atoms with van der Waals surface area (Å²) in [5, 5.41) is 12.7. The van der Waals surface area contributed by atoms with Gasteiger partial charge in [0.05, 0.1) is 14.2 Å². The number of methoxy groups -OCH3 is 2. The van der Waals surface area contributed by atoms with Crippen molar-refractivity contribution in [2.45, 2.75) is 12.6 Å². The van der Waals surface area contributed by atoms with E-state index in [0.717, 1.165) is 28.2 Å². The molecule has 1 unspecified atom stereocenters. The third kappa shape index (κ3) is 5.15. The molecule has 0 fully saturated rings. The fraction of sp³-hybridized carbons (Fsp3) is 0.304. The van der Waals surface area contributed by atoms with Gasteiger partial charge in [-0.05, 0) is 36.0 Å². The van der Waals surface area contributed by atoms with Crippen LogP contribution in [0.15, 0.2) is 60.7 Å². The van der Waals surface area contributed by atoms with Crippen molar-refractivity contribution >= 4 is 10.8 Å². The highest BCUT2D eigenvalue weighted by Crippen LogP contribution is 2.25. The molecule has 0 aliphatic rings. The summed E-state index contributed by atoms with van der Waals surface area (Å²) in [6.07, 6.45) is -0.597. The van der Waals surface area contributed by atoms with Gasteiger partial charge < -0.3 is 19.3 Å². The average molecular weight is 381 g/mol. The Hall–Kier alpha value is -2.76. The summed E-state index contributed by atoms with van der Waals surface area (Å²) in [5.74, 6) is 2.29. The highest BCUT2D eigenvalue weighted by molar-refractivity contribution is 5.83. The van der Waals surface area contributed by atoms with Crippen molar-refractivity contribution in [2.75, 3.05) is 34.4 Å². The van der Waals surface area contributed by atoms with E-state index in [1.165, 1.54) is 5.39 Å². The fourth-order valence-corrected chi connectivity index (χ4v) is 3.20. The van der Waals surface area contributed by atoms with E-state index in [1.54, 1.807) is 14.2 Å². The van der Waals surface area contributed by atoms with Crippen LogP contribution in [-0.4, -0.2) is 50.5 Å². The van der Waals surface area contributed by atoms with Crippen LogP contribution in [0.3, 0.4) is 0 Å². The summed E-state index contributed by atoms with van der Waals surface area (Å²) in [6, 6.07) is 19.8. The summed E-state index contributed by atoms with van der Waals surface area (Å²) in [4.78, 5) is 2.04. The summed E-state index contributed by atoms with van der Waals surface area (Å²) >= 11 is 0. The molecule has 0 heterocycles. The quantitative estimate of drug-likeness (QED) is 0.612. The van der Waals surface area contributed by atoms with Crippen LogP contribution >= 0.6 is 0 Å². The van der Waals surface area contributed by atoms with E-state index in [1.807, 2.05) is 60.5 Å². The molecule has 0 saturated carbocycles. The van der Waals surface area contributed by atoms with Crippen molar-refractivity contribution in [3.8, 4) is 17.2 Å². The SMILES string of the molecule is COc1ccc(CN(C)CC(O)COc2ccc3ccccc3c2)c(OC)c1. The molecule has 1 N–H and O–H groups in total. The first kappa shape index (κ1) is 20.0. The largest absolute Gasteiger partial charge is 0.497 e. The molecule has 0 aliphatic heterocycles.